The third-order valence-electron chi connectivity index (χ3n) is 5.21. The lowest BCUT2D eigenvalue weighted by atomic mass is 9.96. The first-order chi connectivity index (χ1) is 12.8. The fourth-order valence-electron chi connectivity index (χ4n) is 3.65. The van der Waals surface area contributed by atoms with Gasteiger partial charge in [-0.3, -0.25) is 9.69 Å². The van der Waals surface area contributed by atoms with E-state index in [-0.39, 0.29) is 18.5 Å². The molecular weight excluding hydrogens is 360 g/mol. The van der Waals surface area contributed by atoms with Crippen LogP contribution in [-0.4, -0.2) is 35.0 Å². The molecule has 0 spiro atoms. The Balaban J connectivity index is 1.60. The fourth-order valence-corrected chi connectivity index (χ4v) is 3.77. The molecule has 0 radical (unpaired) electrons. The summed E-state index contributed by atoms with van der Waals surface area (Å²) < 4.78 is 0. The van der Waals surface area contributed by atoms with Gasteiger partial charge in [0.2, 0.25) is 5.91 Å². The Morgan fingerprint density at radius 1 is 1.30 bits per heavy atom. The number of carbonyl (C=O) groups is 1. The highest BCUT2D eigenvalue weighted by Crippen LogP contribution is 2.23. The van der Waals surface area contributed by atoms with Crippen molar-refractivity contribution >= 4 is 17.5 Å². The molecule has 3 rings (SSSR count). The Hall–Kier alpha value is -1.88. The molecule has 27 heavy (non-hydrogen) atoms. The highest BCUT2D eigenvalue weighted by Gasteiger charge is 2.32. The van der Waals surface area contributed by atoms with Crippen LogP contribution < -0.4 is 5.32 Å². The molecular formula is C22H27ClN2O2. The summed E-state index contributed by atoms with van der Waals surface area (Å²) in [6.07, 6.45) is 1.86. The lowest BCUT2D eigenvalue weighted by Gasteiger charge is -2.28. The summed E-state index contributed by atoms with van der Waals surface area (Å²) in [6.45, 7) is 5.64. The number of amides is 1. The van der Waals surface area contributed by atoms with E-state index < -0.39 is 5.60 Å². The minimum atomic E-state index is -1.14. The third-order valence-corrected chi connectivity index (χ3v) is 5.46. The zero-order chi connectivity index (χ0) is 19.4. The predicted octanol–water partition coefficient (Wildman–Crippen LogP) is 3.64. The highest BCUT2D eigenvalue weighted by molar-refractivity contribution is 6.30. The number of hydrogen-bond donors (Lipinski definition) is 2. The largest absolute Gasteiger partial charge is 0.384 e. The number of nitrogens with one attached hydrogen (secondary N) is 1. The summed E-state index contributed by atoms with van der Waals surface area (Å²) in [5.74, 6) is -0.0191. The monoisotopic (exact) mass is 386 g/mol. The molecule has 0 aliphatic carbocycles. The van der Waals surface area contributed by atoms with E-state index in [4.69, 9.17) is 11.6 Å². The lowest BCUT2D eigenvalue weighted by Crippen LogP contribution is -2.47. The van der Waals surface area contributed by atoms with E-state index >= 15 is 0 Å². The fraction of sp³-hybridized carbons (Fsp3) is 0.409. The molecule has 2 N–H and O–H groups in total. The molecule has 1 aliphatic heterocycles. The van der Waals surface area contributed by atoms with E-state index in [2.05, 4.69) is 41.4 Å². The number of likely N-dealkylation sites (tertiary alicyclic amines) is 1. The molecule has 5 heteroatoms. The van der Waals surface area contributed by atoms with Gasteiger partial charge in [-0.25, -0.2) is 0 Å². The van der Waals surface area contributed by atoms with Crippen molar-refractivity contribution in [3.05, 3.63) is 70.2 Å². The van der Waals surface area contributed by atoms with Crippen molar-refractivity contribution in [3.63, 3.8) is 0 Å². The van der Waals surface area contributed by atoms with E-state index in [1.165, 1.54) is 11.1 Å². The Morgan fingerprint density at radius 3 is 2.74 bits per heavy atom. The summed E-state index contributed by atoms with van der Waals surface area (Å²) in [4.78, 5) is 15.0. The van der Waals surface area contributed by atoms with Gasteiger partial charge in [-0.1, -0.05) is 53.6 Å². The van der Waals surface area contributed by atoms with Gasteiger partial charge in [-0.05, 0) is 56.5 Å². The van der Waals surface area contributed by atoms with Crippen LogP contribution in [0.3, 0.4) is 0 Å². The predicted molar refractivity (Wildman–Crippen MR) is 109 cm³/mol. The molecule has 2 aromatic rings. The summed E-state index contributed by atoms with van der Waals surface area (Å²) in [5.41, 5.74) is 2.05. The molecule has 1 heterocycles. The zero-order valence-electron chi connectivity index (χ0n) is 15.9. The van der Waals surface area contributed by atoms with E-state index in [0.29, 0.717) is 5.02 Å². The Morgan fingerprint density at radius 2 is 2.04 bits per heavy atom. The standard InChI is InChI=1S/C22H27ClN2O2/c1-16-5-3-6-17(13-16)14-25-12-4-7-20(25)21(26)24-15-22(2,27)18-8-10-19(23)11-9-18/h3,5-6,8-11,13,20,27H,4,7,12,14-15H2,1-2H3,(H,24,26). The van der Waals surface area contributed by atoms with Crippen molar-refractivity contribution < 1.29 is 9.90 Å². The smallest absolute Gasteiger partial charge is 0.237 e. The van der Waals surface area contributed by atoms with Crippen LogP contribution in [0.25, 0.3) is 0 Å². The number of hydrogen-bond acceptors (Lipinski definition) is 3. The first-order valence-corrected chi connectivity index (χ1v) is 9.79. The number of carbonyl (C=O) groups excluding carboxylic acids is 1. The van der Waals surface area contributed by atoms with Gasteiger partial charge in [-0.15, -0.1) is 0 Å². The van der Waals surface area contributed by atoms with E-state index in [1.54, 1.807) is 31.2 Å². The number of nitrogens with zero attached hydrogens (tertiary/aromatic N) is 1. The van der Waals surface area contributed by atoms with Crippen LogP contribution in [-0.2, 0) is 16.9 Å². The number of aliphatic hydroxyl groups is 1. The molecule has 2 unspecified atom stereocenters. The highest BCUT2D eigenvalue weighted by atomic mass is 35.5. The topological polar surface area (TPSA) is 52.6 Å². The molecule has 0 bridgehead atoms. The van der Waals surface area contributed by atoms with Crippen LogP contribution in [0.2, 0.25) is 5.02 Å². The molecule has 4 nitrogen and oxygen atoms in total. The second kappa shape index (κ2) is 8.42. The SMILES string of the molecule is Cc1cccc(CN2CCCC2C(=O)NCC(C)(O)c2ccc(Cl)cc2)c1. The summed E-state index contributed by atoms with van der Waals surface area (Å²) >= 11 is 5.91. The minimum absolute atomic E-state index is 0.0191. The average Bonchev–Trinajstić information content (AvgIpc) is 3.08. The Kier molecular flexibility index (Phi) is 6.20. The van der Waals surface area contributed by atoms with Crippen molar-refractivity contribution in [1.29, 1.82) is 0 Å². The van der Waals surface area contributed by atoms with Crippen molar-refractivity contribution in [2.75, 3.05) is 13.1 Å². The molecule has 1 fully saturated rings. The van der Waals surface area contributed by atoms with Crippen LogP contribution in [0.5, 0.6) is 0 Å². The molecule has 1 amide bonds. The Labute approximate surface area is 166 Å². The molecule has 0 aromatic heterocycles. The van der Waals surface area contributed by atoms with Crippen LogP contribution in [0, 0.1) is 6.92 Å². The van der Waals surface area contributed by atoms with Crippen LogP contribution in [0.15, 0.2) is 48.5 Å². The number of aryl methyl sites for hydroxylation is 1. The maximum absolute atomic E-state index is 12.8. The molecule has 1 saturated heterocycles. The number of halogens is 1. The number of benzene rings is 2. The van der Waals surface area contributed by atoms with E-state index in [9.17, 15) is 9.90 Å². The van der Waals surface area contributed by atoms with Crippen molar-refractivity contribution in [2.45, 2.75) is 44.9 Å². The Bertz CT molecular complexity index is 789. The van der Waals surface area contributed by atoms with Gasteiger partial charge in [0.15, 0.2) is 0 Å². The second-order valence-corrected chi connectivity index (χ2v) is 8.05. The van der Waals surface area contributed by atoms with Gasteiger partial charge in [0.25, 0.3) is 0 Å². The lowest BCUT2D eigenvalue weighted by molar-refractivity contribution is -0.126. The minimum Gasteiger partial charge on any atom is -0.384 e. The van der Waals surface area contributed by atoms with Gasteiger partial charge in [0.1, 0.15) is 5.60 Å². The normalized spacial score (nSPS) is 19.6. The molecule has 0 saturated carbocycles. The van der Waals surface area contributed by atoms with Gasteiger partial charge in [-0.2, -0.15) is 0 Å². The summed E-state index contributed by atoms with van der Waals surface area (Å²) in [5, 5.41) is 14.3. The first kappa shape index (κ1) is 19.9. The van der Waals surface area contributed by atoms with Gasteiger partial charge >= 0.3 is 0 Å². The first-order valence-electron chi connectivity index (χ1n) is 9.41. The van der Waals surface area contributed by atoms with E-state index in [0.717, 1.165) is 31.5 Å². The number of rotatable bonds is 6. The average molecular weight is 387 g/mol. The van der Waals surface area contributed by atoms with Crippen molar-refractivity contribution in [2.24, 2.45) is 0 Å². The van der Waals surface area contributed by atoms with Crippen molar-refractivity contribution in [1.82, 2.24) is 10.2 Å². The van der Waals surface area contributed by atoms with Gasteiger partial charge in [0, 0.05) is 11.6 Å². The quantitative estimate of drug-likeness (QED) is 0.797. The zero-order valence-corrected chi connectivity index (χ0v) is 16.7. The maximum Gasteiger partial charge on any atom is 0.237 e. The summed E-state index contributed by atoms with van der Waals surface area (Å²) in [6, 6.07) is 15.3. The molecule has 144 valence electrons. The van der Waals surface area contributed by atoms with Gasteiger partial charge in [0.05, 0.1) is 12.6 Å². The van der Waals surface area contributed by atoms with Gasteiger partial charge < -0.3 is 10.4 Å². The van der Waals surface area contributed by atoms with Crippen molar-refractivity contribution in [3.8, 4) is 0 Å². The second-order valence-electron chi connectivity index (χ2n) is 7.62. The van der Waals surface area contributed by atoms with E-state index in [1.807, 2.05) is 0 Å². The van der Waals surface area contributed by atoms with Crippen LogP contribution >= 0.6 is 11.6 Å². The molecule has 2 atom stereocenters. The van der Waals surface area contributed by atoms with Crippen LogP contribution in [0.4, 0.5) is 0 Å². The van der Waals surface area contributed by atoms with Crippen LogP contribution in [0.1, 0.15) is 36.5 Å². The molecule has 2 aromatic carbocycles. The third kappa shape index (κ3) is 5.10. The molecule has 1 aliphatic rings. The summed E-state index contributed by atoms with van der Waals surface area (Å²) in [7, 11) is 0. The maximum atomic E-state index is 12.8.